The Morgan fingerprint density at radius 2 is 1.74 bits per heavy atom. The molecule has 0 aromatic heterocycles. The van der Waals surface area contributed by atoms with Crippen LogP contribution in [0.5, 0.6) is 0 Å². The molecule has 2 heteroatoms. The molecule has 1 aliphatic rings. The van der Waals surface area contributed by atoms with Gasteiger partial charge in [-0.3, -0.25) is 4.90 Å². The van der Waals surface area contributed by atoms with Gasteiger partial charge in [-0.25, -0.2) is 0 Å². The van der Waals surface area contributed by atoms with E-state index in [1.165, 1.54) is 25.7 Å². The summed E-state index contributed by atoms with van der Waals surface area (Å²) in [7, 11) is 2.28. The summed E-state index contributed by atoms with van der Waals surface area (Å²) in [5.41, 5.74) is 6.83. The number of likely N-dealkylation sites (N-methyl/N-ethyl adjacent to an activating group) is 1. The lowest BCUT2D eigenvalue weighted by Gasteiger charge is -2.46. The molecule has 19 heavy (non-hydrogen) atoms. The van der Waals surface area contributed by atoms with E-state index in [2.05, 4.69) is 53.5 Å². The standard InChI is InChI=1S/C17H36N2/c1-12(2)10-13(3)19(7)16-11-14(17(4,5)6)8-9-15(16)18/h12-16H,8-11,18H2,1-7H3. The van der Waals surface area contributed by atoms with E-state index < -0.39 is 0 Å². The lowest BCUT2D eigenvalue weighted by molar-refractivity contribution is 0.0590. The zero-order valence-corrected chi connectivity index (χ0v) is 14.2. The van der Waals surface area contributed by atoms with Crippen molar-refractivity contribution < 1.29 is 0 Å². The van der Waals surface area contributed by atoms with Crippen LogP contribution in [-0.4, -0.2) is 30.1 Å². The van der Waals surface area contributed by atoms with Crippen molar-refractivity contribution in [2.75, 3.05) is 7.05 Å². The number of hydrogen-bond acceptors (Lipinski definition) is 2. The average Bonchev–Trinajstić information content (AvgIpc) is 2.26. The van der Waals surface area contributed by atoms with Gasteiger partial charge in [-0.05, 0) is 56.9 Å². The monoisotopic (exact) mass is 268 g/mol. The van der Waals surface area contributed by atoms with Crippen LogP contribution in [0.25, 0.3) is 0 Å². The van der Waals surface area contributed by atoms with E-state index in [9.17, 15) is 0 Å². The van der Waals surface area contributed by atoms with Crippen molar-refractivity contribution in [1.82, 2.24) is 4.90 Å². The highest BCUT2D eigenvalue weighted by molar-refractivity contribution is 4.93. The minimum Gasteiger partial charge on any atom is -0.326 e. The van der Waals surface area contributed by atoms with Crippen LogP contribution in [0, 0.1) is 17.3 Å². The second kappa shape index (κ2) is 6.58. The second-order valence-electron chi connectivity index (χ2n) is 8.25. The van der Waals surface area contributed by atoms with Crippen molar-refractivity contribution in [3.63, 3.8) is 0 Å². The van der Waals surface area contributed by atoms with E-state index in [1.54, 1.807) is 0 Å². The average molecular weight is 268 g/mol. The van der Waals surface area contributed by atoms with Gasteiger partial charge in [0.15, 0.2) is 0 Å². The van der Waals surface area contributed by atoms with Gasteiger partial charge in [-0.2, -0.15) is 0 Å². The summed E-state index contributed by atoms with van der Waals surface area (Å²) < 4.78 is 0. The van der Waals surface area contributed by atoms with Crippen LogP contribution in [-0.2, 0) is 0 Å². The Kier molecular flexibility index (Phi) is 5.88. The molecule has 1 fully saturated rings. The zero-order valence-electron chi connectivity index (χ0n) is 14.2. The first-order valence-electron chi connectivity index (χ1n) is 8.10. The molecule has 1 aliphatic carbocycles. The molecule has 114 valence electrons. The summed E-state index contributed by atoms with van der Waals surface area (Å²) >= 11 is 0. The molecule has 4 atom stereocenters. The Labute approximate surface area is 121 Å². The highest BCUT2D eigenvalue weighted by atomic mass is 15.2. The smallest absolute Gasteiger partial charge is 0.0249 e. The SMILES string of the molecule is CC(C)CC(C)N(C)C1CC(C(C)(C)C)CCC1N. The lowest BCUT2D eigenvalue weighted by Crippen LogP contribution is -2.53. The molecular formula is C17H36N2. The highest BCUT2D eigenvalue weighted by Gasteiger charge is 2.37. The third kappa shape index (κ3) is 4.75. The molecule has 0 aromatic carbocycles. The minimum atomic E-state index is 0.359. The summed E-state index contributed by atoms with van der Waals surface area (Å²) in [6, 6.07) is 1.56. The molecule has 0 heterocycles. The normalized spacial score (nSPS) is 30.9. The van der Waals surface area contributed by atoms with E-state index in [1.807, 2.05) is 0 Å². The summed E-state index contributed by atoms with van der Waals surface area (Å²) in [5, 5.41) is 0. The molecule has 2 N–H and O–H groups in total. The van der Waals surface area contributed by atoms with Gasteiger partial charge in [0.1, 0.15) is 0 Å². The quantitative estimate of drug-likeness (QED) is 0.838. The van der Waals surface area contributed by atoms with Gasteiger partial charge in [0.05, 0.1) is 0 Å². The third-order valence-electron chi connectivity index (χ3n) is 5.12. The summed E-state index contributed by atoms with van der Waals surface area (Å²) in [6.45, 7) is 14.1. The predicted molar refractivity (Wildman–Crippen MR) is 85.2 cm³/mol. The van der Waals surface area contributed by atoms with Crippen LogP contribution in [0.1, 0.15) is 67.2 Å². The fourth-order valence-corrected chi connectivity index (χ4v) is 3.60. The molecule has 2 nitrogen and oxygen atoms in total. The van der Waals surface area contributed by atoms with Crippen LogP contribution < -0.4 is 5.73 Å². The van der Waals surface area contributed by atoms with Gasteiger partial charge in [-0.15, -0.1) is 0 Å². The van der Waals surface area contributed by atoms with Crippen molar-refractivity contribution in [2.45, 2.75) is 85.4 Å². The van der Waals surface area contributed by atoms with E-state index in [-0.39, 0.29) is 0 Å². The highest BCUT2D eigenvalue weighted by Crippen LogP contribution is 2.39. The Bertz CT molecular complexity index is 267. The molecule has 1 saturated carbocycles. The van der Waals surface area contributed by atoms with Crippen LogP contribution in [0.15, 0.2) is 0 Å². The lowest BCUT2D eigenvalue weighted by atomic mass is 9.69. The predicted octanol–water partition coefficient (Wildman–Crippen LogP) is 3.89. The maximum absolute atomic E-state index is 6.41. The molecule has 0 amide bonds. The van der Waals surface area contributed by atoms with Crippen LogP contribution in [0.4, 0.5) is 0 Å². The van der Waals surface area contributed by atoms with Gasteiger partial charge < -0.3 is 5.73 Å². The zero-order chi connectivity index (χ0) is 14.8. The molecule has 0 aromatic rings. The largest absolute Gasteiger partial charge is 0.326 e. The second-order valence-corrected chi connectivity index (χ2v) is 8.25. The maximum atomic E-state index is 6.41. The first kappa shape index (κ1) is 17.0. The van der Waals surface area contributed by atoms with E-state index >= 15 is 0 Å². The van der Waals surface area contributed by atoms with Gasteiger partial charge in [0.25, 0.3) is 0 Å². The van der Waals surface area contributed by atoms with Crippen molar-refractivity contribution >= 4 is 0 Å². The molecular weight excluding hydrogens is 232 g/mol. The first-order chi connectivity index (χ1) is 8.62. The Morgan fingerprint density at radius 3 is 2.21 bits per heavy atom. The van der Waals surface area contributed by atoms with Crippen LogP contribution >= 0.6 is 0 Å². The van der Waals surface area contributed by atoms with Crippen LogP contribution in [0.2, 0.25) is 0 Å². The van der Waals surface area contributed by atoms with Gasteiger partial charge >= 0.3 is 0 Å². The number of nitrogens with zero attached hydrogens (tertiary/aromatic N) is 1. The fourth-order valence-electron chi connectivity index (χ4n) is 3.60. The topological polar surface area (TPSA) is 29.3 Å². The molecule has 0 aliphatic heterocycles. The van der Waals surface area contributed by atoms with E-state index in [0.29, 0.717) is 23.5 Å². The number of nitrogens with two attached hydrogens (primary N) is 1. The van der Waals surface area contributed by atoms with Gasteiger partial charge in [0, 0.05) is 18.1 Å². The van der Waals surface area contributed by atoms with E-state index in [0.717, 1.165) is 11.8 Å². The van der Waals surface area contributed by atoms with Gasteiger partial charge in [-0.1, -0.05) is 34.6 Å². The Morgan fingerprint density at radius 1 is 1.16 bits per heavy atom. The van der Waals surface area contributed by atoms with Crippen LogP contribution in [0.3, 0.4) is 0 Å². The molecule has 4 unspecified atom stereocenters. The molecule has 0 saturated heterocycles. The summed E-state index contributed by atoms with van der Waals surface area (Å²) in [6.07, 6.45) is 5.02. The minimum absolute atomic E-state index is 0.359. The maximum Gasteiger partial charge on any atom is 0.0249 e. The third-order valence-corrected chi connectivity index (χ3v) is 5.12. The Balaban J connectivity index is 2.68. The molecule has 0 bridgehead atoms. The molecule has 1 rings (SSSR count). The number of rotatable bonds is 4. The first-order valence-corrected chi connectivity index (χ1v) is 8.10. The van der Waals surface area contributed by atoms with Crippen molar-refractivity contribution in [3.8, 4) is 0 Å². The number of hydrogen-bond donors (Lipinski definition) is 1. The van der Waals surface area contributed by atoms with Crippen molar-refractivity contribution in [2.24, 2.45) is 23.0 Å². The fraction of sp³-hybridized carbons (Fsp3) is 1.00. The van der Waals surface area contributed by atoms with E-state index in [4.69, 9.17) is 5.73 Å². The van der Waals surface area contributed by atoms with Gasteiger partial charge in [0.2, 0.25) is 0 Å². The molecule has 0 spiro atoms. The van der Waals surface area contributed by atoms with Crippen molar-refractivity contribution in [3.05, 3.63) is 0 Å². The van der Waals surface area contributed by atoms with Crippen molar-refractivity contribution in [1.29, 1.82) is 0 Å². The molecule has 0 radical (unpaired) electrons. The Hall–Kier alpha value is -0.0800. The summed E-state index contributed by atoms with van der Waals surface area (Å²) in [4.78, 5) is 2.56. The summed E-state index contributed by atoms with van der Waals surface area (Å²) in [5.74, 6) is 1.57.